The molecule has 0 aliphatic carbocycles. The summed E-state index contributed by atoms with van der Waals surface area (Å²) >= 11 is 5.95. The number of rotatable bonds is 2. The van der Waals surface area contributed by atoms with Crippen molar-refractivity contribution in [3.63, 3.8) is 0 Å². The Labute approximate surface area is 96.3 Å². The summed E-state index contributed by atoms with van der Waals surface area (Å²) in [6.07, 6.45) is -1.83. The lowest BCUT2D eigenvalue weighted by Gasteiger charge is -2.13. The molecule has 0 radical (unpaired) electrons. The molecule has 0 saturated carbocycles. The summed E-state index contributed by atoms with van der Waals surface area (Å²) in [7, 11) is 1.45. The van der Waals surface area contributed by atoms with E-state index in [1.165, 1.54) is 7.11 Å². The summed E-state index contributed by atoms with van der Waals surface area (Å²) in [6.45, 7) is 0. The maximum Gasteiger partial charge on any atom is 0.415 e. The average molecular weight is 242 g/mol. The number of nitrogens with one attached hydrogen (secondary N) is 1. The fourth-order valence-corrected chi connectivity index (χ4v) is 1.76. The highest BCUT2D eigenvalue weighted by Crippen LogP contribution is 2.35. The van der Waals surface area contributed by atoms with Crippen molar-refractivity contribution in [1.82, 2.24) is 5.32 Å². The van der Waals surface area contributed by atoms with Crippen molar-refractivity contribution in [1.29, 1.82) is 0 Å². The Morgan fingerprint density at radius 2 is 2.19 bits per heavy atom. The normalized spacial score (nSPS) is 19.2. The molecule has 84 valence electrons. The number of alkyl carbamates (subject to hydrolysis) is 1. The van der Waals surface area contributed by atoms with Gasteiger partial charge in [0.25, 0.3) is 5.91 Å². The van der Waals surface area contributed by atoms with Crippen molar-refractivity contribution < 1.29 is 19.1 Å². The van der Waals surface area contributed by atoms with E-state index in [2.05, 4.69) is 0 Å². The van der Waals surface area contributed by atoms with Crippen LogP contribution in [-0.4, -0.2) is 19.1 Å². The molecule has 2 amide bonds. The van der Waals surface area contributed by atoms with E-state index in [1.807, 2.05) is 5.32 Å². The van der Waals surface area contributed by atoms with Crippen LogP contribution in [0.25, 0.3) is 0 Å². The van der Waals surface area contributed by atoms with Crippen molar-refractivity contribution in [2.24, 2.45) is 0 Å². The van der Waals surface area contributed by atoms with Crippen LogP contribution >= 0.6 is 11.6 Å². The lowest BCUT2D eigenvalue weighted by atomic mass is 10.1. The molecule has 16 heavy (non-hydrogen) atoms. The van der Waals surface area contributed by atoms with Gasteiger partial charge in [0.1, 0.15) is 5.75 Å². The highest BCUT2D eigenvalue weighted by atomic mass is 35.5. The number of ether oxygens (including phenoxy) is 2. The molecule has 5 nitrogen and oxygen atoms in total. The van der Waals surface area contributed by atoms with Gasteiger partial charge in [-0.3, -0.25) is 10.1 Å². The predicted molar refractivity (Wildman–Crippen MR) is 55.4 cm³/mol. The van der Waals surface area contributed by atoms with E-state index in [-0.39, 0.29) is 0 Å². The molecule has 1 saturated heterocycles. The first-order valence-corrected chi connectivity index (χ1v) is 4.85. The molecule has 1 aliphatic rings. The zero-order chi connectivity index (χ0) is 11.7. The van der Waals surface area contributed by atoms with E-state index in [4.69, 9.17) is 21.1 Å². The lowest BCUT2D eigenvalue weighted by Crippen LogP contribution is -2.20. The monoisotopic (exact) mass is 241 g/mol. The van der Waals surface area contributed by atoms with Crippen LogP contribution in [0.2, 0.25) is 5.02 Å². The first-order chi connectivity index (χ1) is 7.63. The van der Waals surface area contributed by atoms with Gasteiger partial charge in [0.05, 0.1) is 17.7 Å². The second kappa shape index (κ2) is 4.02. The standard InChI is InChI=1S/C10H8ClNO4/c1-15-6-4-2-3-5(11)7(6)8-9(13)12-10(14)16-8/h2-4,8H,1H3,(H,12,13,14)/t8-/m0/s1. The van der Waals surface area contributed by atoms with Crippen LogP contribution in [0, 0.1) is 0 Å². The van der Waals surface area contributed by atoms with Gasteiger partial charge < -0.3 is 9.47 Å². The van der Waals surface area contributed by atoms with E-state index >= 15 is 0 Å². The third-order valence-corrected chi connectivity index (χ3v) is 2.51. The number of hydrogen-bond donors (Lipinski definition) is 1. The van der Waals surface area contributed by atoms with Crippen LogP contribution in [0.1, 0.15) is 11.7 Å². The van der Waals surface area contributed by atoms with Crippen molar-refractivity contribution in [3.05, 3.63) is 28.8 Å². The van der Waals surface area contributed by atoms with Crippen LogP contribution < -0.4 is 10.1 Å². The van der Waals surface area contributed by atoms with Gasteiger partial charge >= 0.3 is 6.09 Å². The minimum Gasteiger partial charge on any atom is -0.496 e. The van der Waals surface area contributed by atoms with Crippen LogP contribution in [0.3, 0.4) is 0 Å². The van der Waals surface area contributed by atoms with Crippen LogP contribution in [0.4, 0.5) is 4.79 Å². The molecule has 2 rings (SSSR count). The number of methoxy groups -OCH3 is 1. The second-order valence-electron chi connectivity index (χ2n) is 3.13. The fraction of sp³-hybridized carbons (Fsp3) is 0.200. The van der Waals surface area contributed by atoms with Gasteiger partial charge in [-0.05, 0) is 12.1 Å². The van der Waals surface area contributed by atoms with Gasteiger partial charge in [-0.1, -0.05) is 17.7 Å². The van der Waals surface area contributed by atoms with Crippen molar-refractivity contribution >= 4 is 23.6 Å². The largest absolute Gasteiger partial charge is 0.496 e. The van der Waals surface area contributed by atoms with Gasteiger partial charge in [0.2, 0.25) is 6.10 Å². The van der Waals surface area contributed by atoms with Crippen molar-refractivity contribution in [2.45, 2.75) is 6.10 Å². The fourth-order valence-electron chi connectivity index (χ4n) is 1.50. The summed E-state index contributed by atoms with van der Waals surface area (Å²) in [5, 5.41) is 2.34. The Hall–Kier alpha value is -1.75. The van der Waals surface area contributed by atoms with E-state index in [0.717, 1.165) is 0 Å². The Morgan fingerprint density at radius 1 is 1.44 bits per heavy atom. The highest BCUT2D eigenvalue weighted by Gasteiger charge is 2.37. The topological polar surface area (TPSA) is 64.6 Å². The van der Waals surface area contributed by atoms with Crippen molar-refractivity contribution in [3.8, 4) is 5.75 Å². The van der Waals surface area contributed by atoms with Gasteiger partial charge in [-0.25, -0.2) is 4.79 Å². The van der Waals surface area contributed by atoms with Crippen molar-refractivity contribution in [2.75, 3.05) is 7.11 Å². The van der Waals surface area contributed by atoms with Gasteiger partial charge in [0, 0.05) is 0 Å². The molecule has 1 heterocycles. The quantitative estimate of drug-likeness (QED) is 0.855. The number of carbonyl (C=O) groups excluding carboxylic acids is 2. The Morgan fingerprint density at radius 3 is 2.75 bits per heavy atom. The second-order valence-corrected chi connectivity index (χ2v) is 3.54. The zero-order valence-corrected chi connectivity index (χ0v) is 9.08. The van der Waals surface area contributed by atoms with E-state index in [1.54, 1.807) is 18.2 Å². The minimum atomic E-state index is -1.05. The number of carbonyl (C=O) groups is 2. The van der Waals surface area contributed by atoms with Gasteiger partial charge in [-0.15, -0.1) is 0 Å². The van der Waals surface area contributed by atoms with Crippen LogP contribution in [0.15, 0.2) is 18.2 Å². The lowest BCUT2D eigenvalue weighted by molar-refractivity contribution is -0.123. The maximum atomic E-state index is 11.4. The molecule has 1 aliphatic heterocycles. The number of amides is 2. The number of halogens is 1. The molecule has 0 aromatic heterocycles. The highest BCUT2D eigenvalue weighted by molar-refractivity contribution is 6.32. The molecule has 1 N–H and O–H groups in total. The third kappa shape index (κ3) is 1.69. The Kier molecular flexibility index (Phi) is 2.70. The number of imide groups is 1. The Balaban J connectivity index is 2.47. The first kappa shape index (κ1) is 10.8. The zero-order valence-electron chi connectivity index (χ0n) is 8.32. The SMILES string of the molecule is COc1cccc(Cl)c1[C@@H]1OC(=O)NC1=O. The predicted octanol–water partition coefficient (Wildman–Crippen LogP) is 1.66. The molecule has 0 spiro atoms. The summed E-state index contributed by atoms with van der Waals surface area (Å²) < 4.78 is 9.89. The summed E-state index contributed by atoms with van der Waals surface area (Å²) in [6, 6.07) is 4.92. The molecule has 1 atom stereocenters. The van der Waals surface area contributed by atoms with Gasteiger partial charge in [0.15, 0.2) is 0 Å². The van der Waals surface area contributed by atoms with E-state index in [9.17, 15) is 9.59 Å². The number of benzene rings is 1. The summed E-state index contributed by atoms with van der Waals surface area (Å²) in [5.74, 6) is -0.140. The average Bonchev–Trinajstić information content (AvgIpc) is 2.57. The molecule has 1 fully saturated rings. The molecule has 1 aromatic carbocycles. The molecule has 0 unspecified atom stereocenters. The van der Waals surface area contributed by atoms with Crippen LogP contribution in [0.5, 0.6) is 5.75 Å². The smallest absolute Gasteiger partial charge is 0.415 e. The third-order valence-electron chi connectivity index (χ3n) is 2.18. The van der Waals surface area contributed by atoms with E-state index < -0.39 is 18.1 Å². The Bertz CT molecular complexity index is 460. The molecule has 6 heteroatoms. The molecule has 1 aromatic rings. The van der Waals surface area contributed by atoms with Gasteiger partial charge in [-0.2, -0.15) is 0 Å². The maximum absolute atomic E-state index is 11.4. The number of hydrogen-bond acceptors (Lipinski definition) is 4. The summed E-state index contributed by atoms with van der Waals surface area (Å²) in [4.78, 5) is 22.3. The number of cyclic esters (lactones) is 1. The minimum absolute atomic E-state index is 0.314. The molecular weight excluding hydrogens is 234 g/mol. The van der Waals surface area contributed by atoms with E-state index in [0.29, 0.717) is 16.3 Å². The first-order valence-electron chi connectivity index (χ1n) is 4.47. The molecule has 0 bridgehead atoms. The van der Waals surface area contributed by atoms with Crippen LogP contribution in [-0.2, 0) is 9.53 Å². The molecular formula is C10H8ClNO4. The summed E-state index contributed by atoms with van der Waals surface area (Å²) in [5.41, 5.74) is 0.356.